The van der Waals surface area contributed by atoms with E-state index in [1.54, 1.807) is 0 Å². The lowest BCUT2D eigenvalue weighted by atomic mass is 9.73. The van der Waals surface area contributed by atoms with Crippen molar-refractivity contribution in [3.63, 3.8) is 0 Å². The molecule has 0 aliphatic carbocycles. The number of rotatable bonds is 7. The van der Waals surface area contributed by atoms with E-state index in [2.05, 4.69) is 199 Å². The van der Waals surface area contributed by atoms with Crippen LogP contribution < -0.4 is 25.6 Å². The number of hydrogen-bond acceptors (Lipinski definition) is 1. The van der Waals surface area contributed by atoms with Gasteiger partial charge in [-0.05, 0) is 85.5 Å². The van der Waals surface area contributed by atoms with Crippen molar-refractivity contribution >= 4 is 67.7 Å². The molecule has 0 atom stereocenters. The third-order valence-corrected chi connectivity index (χ3v) is 17.3. The Bertz CT molecular complexity index is 3410. The minimum Gasteiger partial charge on any atom is -0.310 e. The number of anilines is 3. The average molecular weight is 790 g/mol. The smallest absolute Gasteiger partial charge is 0.179 e. The highest BCUT2D eigenvalue weighted by atomic mass is 28.3. The molecule has 0 spiro atoms. The molecule has 0 radical (unpaired) electrons. The molecule has 0 amide bonds. The summed E-state index contributed by atoms with van der Waals surface area (Å²) in [4.78, 5) is 2.41. The van der Waals surface area contributed by atoms with E-state index >= 15 is 0 Å². The molecule has 0 unspecified atom stereocenters. The van der Waals surface area contributed by atoms with Crippen LogP contribution in [0.4, 0.5) is 17.1 Å². The van der Waals surface area contributed by atoms with E-state index in [1.807, 2.05) is 24.3 Å². The first kappa shape index (κ1) is 30.8. The van der Waals surface area contributed by atoms with Gasteiger partial charge < -0.3 is 9.47 Å². The Morgan fingerprint density at radius 2 is 1.02 bits per heavy atom. The molecule has 1 aromatic heterocycles. The second-order valence-corrected chi connectivity index (χ2v) is 20.0. The van der Waals surface area contributed by atoms with Crippen LogP contribution in [0.3, 0.4) is 0 Å². The van der Waals surface area contributed by atoms with Gasteiger partial charge in [-0.3, -0.25) is 0 Å². The van der Waals surface area contributed by atoms with Gasteiger partial charge in [0.05, 0.1) is 29.3 Å². The third kappa shape index (κ3) is 5.54. The van der Waals surface area contributed by atoms with Crippen molar-refractivity contribution in [1.82, 2.24) is 4.57 Å². The second kappa shape index (κ2) is 14.3. The highest BCUT2D eigenvalue weighted by Gasteiger charge is 2.42. The van der Waals surface area contributed by atoms with Crippen molar-refractivity contribution < 1.29 is 6.85 Å². The first-order valence-corrected chi connectivity index (χ1v) is 22.5. The molecule has 0 N–H and O–H groups in total. The van der Waals surface area contributed by atoms with Gasteiger partial charge in [-0.2, -0.15) is 0 Å². The lowest BCUT2D eigenvalue weighted by molar-refractivity contribution is 0.631. The lowest BCUT2D eigenvalue weighted by Crippen LogP contribution is -2.74. The topological polar surface area (TPSA) is 8.17 Å². The van der Waals surface area contributed by atoms with Gasteiger partial charge >= 0.3 is 0 Å². The van der Waals surface area contributed by atoms with Gasteiger partial charge in [0.2, 0.25) is 0 Å². The SMILES string of the molecule is [2H]c1c([2H])c([2H])c(-c2cccc([Si](c3ccccc3)(c3ccccc3)c3ccc4c(c3)c3ccccc3n4-c3ccc4c(c3)N(c3ccccc3)c3ccccc3C4(C)C)c2)c([2H])c1[2H]. The molecule has 2 heterocycles. The van der Waals surface area contributed by atoms with E-state index in [1.165, 1.54) is 32.4 Å². The molecule has 2 nitrogen and oxygen atoms in total. The number of fused-ring (bicyclic) bond motifs is 5. The van der Waals surface area contributed by atoms with Crippen LogP contribution in [0, 0.1) is 0 Å². The quantitative estimate of drug-likeness (QED) is 0.115. The lowest BCUT2D eigenvalue weighted by Gasteiger charge is -2.42. The first-order chi connectivity index (χ1) is 31.6. The Hall–Kier alpha value is -7.20. The normalized spacial score (nSPS) is 14.4. The van der Waals surface area contributed by atoms with Gasteiger partial charge in [-0.25, -0.2) is 0 Å². The number of benzene rings is 9. The monoisotopic (exact) mass is 789 g/mol. The molecule has 0 saturated heterocycles. The van der Waals surface area contributed by atoms with Crippen LogP contribution in [0.25, 0.3) is 38.6 Å². The molecule has 0 fully saturated rings. The van der Waals surface area contributed by atoms with Crippen molar-refractivity contribution in [3.8, 4) is 16.8 Å². The van der Waals surface area contributed by atoms with Crippen molar-refractivity contribution in [2.75, 3.05) is 4.90 Å². The average Bonchev–Trinajstić information content (AvgIpc) is 3.68. The summed E-state index contributed by atoms with van der Waals surface area (Å²) < 4.78 is 45.6. The van der Waals surface area contributed by atoms with Gasteiger partial charge in [0.25, 0.3) is 0 Å². The number of aromatic nitrogens is 1. The van der Waals surface area contributed by atoms with Crippen LogP contribution in [-0.2, 0) is 5.41 Å². The molecule has 1 aliphatic heterocycles. The van der Waals surface area contributed by atoms with Crippen LogP contribution in [0.2, 0.25) is 0 Å². The zero-order chi connectivity index (χ0) is 44.6. The summed E-state index contributed by atoms with van der Waals surface area (Å²) in [5, 5.41) is 6.83. The van der Waals surface area contributed by atoms with Crippen LogP contribution in [-0.4, -0.2) is 12.6 Å². The number of para-hydroxylation sites is 3. The minimum absolute atomic E-state index is 0.197. The van der Waals surface area contributed by atoms with E-state index < -0.39 is 14.1 Å². The zero-order valence-electron chi connectivity index (χ0n) is 38.4. The fourth-order valence-corrected chi connectivity index (χ4v) is 14.7. The summed E-state index contributed by atoms with van der Waals surface area (Å²) in [6.45, 7) is 4.65. The van der Waals surface area contributed by atoms with Crippen molar-refractivity contribution in [2.24, 2.45) is 0 Å². The molecule has 1 aliphatic rings. The van der Waals surface area contributed by atoms with E-state index in [4.69, 9.17) is 6.85 Å². The van der Waals surface area contributed by atoms with Crippen molar-refractivity contribution in [2.45, 2.75) is 19.3 Å². The predicted octanol–water partition coefficient (Wildman–Crippen LogP) is 11.9. The number of hydrogen-bond donors (Lipinski definition) is 0. The minimum atomic E-state index is -3.20. The fourth-order valence-electron chi connectivity index (χ4n) is 9.86. The van der Waals surface area contributed by atoms with Gasteiger partial charge in [-0.15, -0.1) is 0 Å². The van der Waals surface area contributed by atoms with Gasteiger partial charge in [0, 0.05) is 27.6 Å². The largest absolute Gasteiger partial charge is 0.310 e. The Morgan fingerprint density at radius 1 is 0.417 bits per heavy atom. The van der Waals surface area contributed by atoms with Crippen LogP contribution in [0.1, 0.15) is 31.8 Å². The molecule has 0 bridgehead atoms. The summed E-state index contributed by atoms with van der Waals surface area (Å²) in [5.41, 5.74) is 9.82. The molecular formula is C57H44N2Si. The predicted molar refractivity (Wildman–Crippen MR) is 257 cm³/mol. The van der Waals surface area contributed by atoms with E-state index in [-0.39, 0.29) is 35.1 Å². The summed E-state index contributed by atoms with van der Waals surface area (Å²) in [6.07, 6.45) is 0. The summed E-state index contributed by atoms with van der Waals surface area (Å²) >= 11 is 0. The second-order valence-electron chi connectivity index (χ2n) is 16.2. The third-order valence-electron chi connectivity index (χ3n) is 12.6. The molecule has 60 heavy (non-hydrogen) atoms. The summed E-state index contributed by atoms with van der Waals surface area (Å²) in [6, 6.07) is 69.9. The molecule has 11 rings (SSSR count). The molecule has 3 heteroatoms. The molecule has 0 saturated carbocycles. The molecule has 9 aromatic carbocycles. The Labute approximate surface area is 360 Å². The van der Waals surface area contributed by atoms with Gasteiger partial charge in [-0.1, -0.05) is 202 Å². The highest BCUT2D eigenvalue weighted by Crippen LogP contribution is 2.52. The van der Waals surface area contributed by atoms with Crippen molar-refractivity contribution in [3.05, 3.63) is 242 Å². The molecule has 10 aromatic rings. The summed E-state index contributed by atoms with van der Waals surface area (Å²) in [5.74, 6) is 0. The van der Waals surface area contributed by atoms with Crippen LogP contribution in [0.15, 0.2) is 230 Å². The van der Waals surface area contributed by atoms with E-state index in [9.17, 15) is 0 Å². The maximum absolute atomic E-state index is 8.92. The van der Waals surface area contributed by atoms with E-state index in [0.717, 1.165) is 44.1 Å². The Balaban J connectivity index is 1.17. The van der Waals surface area contributed by atoms with Crippen molar-refractivity contribution in [1.29, 1.82) is 0 Å². The van der Waals surface area contributed by atoms with E-state index in [0.29, 0.717) is 5.56 Å². The summed E-state index contributed by atoms with van der Waals surface area (Å²) in [7, 11) is -3.20. The maximum Gasteiger partial charge on any atom is 0.179 e. The van der Waals surface area contributed by atoms with Crippen LogP contribution >= 0.6 is 0 Å². The Kier molecular flexibility index (Phi) is 7.33. The highest BCUT2D eigenvalue weighted by molar-refractivity contribution is 7.20. The molecular weight excluding hydrogens is 741 g/mol. The Morgan fingerprint density at radius 3 is 1.77 bits per heavy atom. The fraction of sp³-hybridized carbons (Fsp3) is 0.0526. The van der Waals surface area contributed by atoms with Gasteiger partial charge in [0.15, 0.2) is 8.07 Å². The maximum atomic E-state index is 8.92. The van der Waals surface area contributed by atoms with Gasteiger partial charge in [0.1, 0.15) is 0 Å². The molecule has 286 valence electrons. The number of nitrogens with zero attached hydrogens (tertiary/aromatic N) is 2. The standard InChI is InChI=1S/C57H44N2Si/c1-57(2)51-31-16-18-33-55(51)58(43-23-9-4-10-24-43)56-39-44(34-36-52(56)57)59-53-32-17-15-30-49(53)50-40-48(35-37-54(50)59)60(45-25-11-5-12-26-45,46-27-13-6-14-28-46)47-29-19-22-42(38-47)41-20-7-3-8-21-41/h3-40H,1-2H3/i3D,7D,8D,20D,21D. The zero-order valence-corrected chi connectivity index (χ0v) is 34.4. The van der Waals surface area contributed by atoms with Crippen LogP contribution in [0.5, 0.6) is 0 Å². The first-order valence-electron chi connectivity index (χ1n) is 23.0.